The second-order valence-corrected chi connectivity index (χ2v) is 7.92. The zero-order chi connectivity index (χ0) is 23.5. The van der Waals surface area contributed by atoms with Crippen LogP contribution in [0.15, 0.2) is 54.6 Å². The van der Waals surface area contributed by atoms with Crippen molar-refractivity contribution in [2.75, 3.05) is 46.6 Å². The molecular formula is C27H35NO5. The number of carbonyl (C=O) groups excluding carboxylic acids is 1. The first kappa shape index (κ1) is 24.8. The molecule has 3 rings (SSSR count). The molecular weight excluding hydrogens is 418 g/mol. The van der Waals surface area contributed by atoms with E-state index in [2.05, 4.69) is 23.1 Å². The van der Waals surface area contributed by atoms with Crippen LogP contribution in [0.2, 0.25) is 0 Å². The summed E-state index contributed by atoms with van der Waals surface area (Å²) in [5.74, 6) is 1.38. The highest BCUT2D eigenvalue weighted by Gasteiger charge is 2.20. The molecule has 1 atom stereocenters. The monoisotopic (exact) mass is 453 g/mol. The Morgan fingerprint density at radius 3 is 2.39 bits per heavy atom. The molecule has 6 nitrogen and oxygen atoms in total. The Kier molecular flexibility index (Phi) is 9.78. The van der Waals surface area contributed by atoms with Crippen LogP contribution in [0.5, 0.6) is 11.5 Å². The van der Waals surface area contributed by atoms with Crippen molar-refractivity contribution in [1.82, 2.24) is 4.90 Å². The number of methoxy groups -OCH3 is 1. The first-order valence-corrected chi connectivity index (χ1v) is 11.7. The van der Waals surface area contributed by atoms with E-state index in [1.165, 1.54) is 11.1 Å². The van der Waals surface area contributed by atoms with Gasteiger partial charge in [0.25, 0.3) is 0 Å². The largest absolute Gasteiger partial charge is 0.497 e. The number of benzene rings is 2. The van der Waals surface area contributed by atoms with Gasteiger partial charge in [0.2, 0.25) is 0 Å². The molecule has 1 unspecified atom stereocenters. The molecule has 0 aromatic heterocycles. The van der Waals surface area contributed by atoms with Crippen molar-refractivity contribution in [3.63, 3.8) is 0 Å². The van der Waals surface area contributed by atoms with E-state index < -0.39 is 6.10 Å². The van der Waals surface area contributed by atoms with E-state index in [-0.39, 0.29) is 5.97 Å². The van der Waals surface area contributed by atoms with Gasteiger partial charge in [-0.25, -0.2) is 4.79 Å². The molecule has 2 aromatic carbocycles. The minimum absolute atomic E-state index is 0.315. The standard InChI is InChI=1S/C27H35NO5/c1-4-31-26(27(29)32-5-2)19-21-8-12-25(13-9-21)33-18-17-28-16-6-7-23(20-28)22-10-14-24(30-3)15-11-22/h7-15,26H,4-6,16-20H2,1-3H3. The molecule has 0 N–H and O–H groups in total. The summed E-state index contributed by atoms with van der Waals surface area (Å²) in [6.07, 6.45) is 3.27. The van der Waals surface area contributed by atoms with Crippen molar-refractivity contribution in [2.45, 2.75) is 32.8 Å². The first-order valence-electron chi connectivity index (χ1n) is 11.7. The summed E-state index contributed by atoms with van der Waals surface area (Å²) in [6.45, 7) is 7.94. The zero-order valence-corrected chi connectivity index (χ0v) is 19.9. The Balaban J connectivity index is 1.45. The van der Waals surface area contributed by atoms with Gasteiger partial charge in [-0.2, -0.15) is 0 Å². The molecule has 0 bridgehead atoms. The molecule has 0 saturated carbocycles. The average molecular weight is 454 g/mol. The molecule has 6 heteroatoms. The minimum atomic E-state index is -0.575. The Morgan fingerprint density at radius 2 is 1.73 bits per heavy atom. The van der Waals surface area contributed by atoms with Crippen LogP contribution >= 0.6 is 0 Å². The lowest BCUT2D eigenvalue weighted by molar-refractivity contribution is -0.156. The second-order valence-electron chi connectivity index (χ2n) is 7.92. The molecule has 1 heterocycles. The van der Waals surface area contributed by atoms with Gasteiger partial charge < -0.3 is 18.9 Å². The lowest BCUT2D eigenvalue weighted by Gasteiger charge is -2.27. The van der Waals surface area contributed by atoms with Crippen molar-refractivity contribution < 1.29 is 23.7 Å². The second kappa shape index (κ2) is 13.0. The summed E-state index contributed by atoms with van der Waals surface area (Å²) >= 11 is 0. The topological polar surface area (TPSA) is 57.2 Å². The fourth-order valence-corrected chi connectivity index (χ4v) is 3.89. The normalized spacial score (nSPS) is 14.9. The fraction of sp³-hybridized carbons (Fsp3) is 0.444. The van der Waals surface area contributed by atoms with Gasteiger partial charge in [-0.1, -0.05) is 30.3 Å². The Morgan fingerprint density at radius 1 is 1.00 bits per heavy atom. The number of ether oxygens (including phenoxy) is 4. The predicted molar refractivity (Wildman–Crippen MR) is 130 cm³/mol. The molecule has 2 aromatic rings. The summed E-state index contributed by atoms with van der Waals surface area (Å²) in [5.41, 5.74) is 3.60. The SMILES string of the molecule is CCOC(=O)C(Cc1ccc(OCCN2CCC=C(c3ccc(OC)cc3)C2)cc1)OCC. The van der Waals surface area contributed by atoms with Gasteiger partial charge in [-0.3, -0.25) is 4.90 Å². The minimum Gasteiger partial charge on any atom is -0.497 e. The lowest BCUT2D eigenvalue weighted by Crippen LogP contribution is -2.33. The quantitative estimate of drug-likeness (QED) is 0.445. The first-order chi connectivity index (χ1) is 16.1. The van der Waals surface area contributed by atoms with Gasteiger partial charge in [0.15, 0.2) is 6.10 Å². The van der Waals surface area contributed by atoms with Crippen molar-refractivity contribution in [2.24, 2.45) is 0 Å². The molecule has 0 fully saturated rings. The van der Waals surface area contributed by atoms with Crippen LogP contribution in [0.3, 0.4) is 0 Å². The van der Waals surface area contributed by atoms with Gasteiger partial charge in [-0.05, 0) is 61.2 Å². The summed E-state index contributed by atoms with van der Waals surface area (Å²) in [4.78, 5) is 14.5. The van der Waals surface area contributed by atoms with Crippen molar-refractivity contribution in [3.05, 3.63) is 65.7 Å². The molecule has 1 aliphatic heterocycles. The van der Waals surface area contributed by atoms with E-state index >= 15 is 0 Å². The van der Waals surface area contributed by atoms with E-state index in [0.717, 1.165) is 43.1 Å². The van der Waals surface area contributed by atoms with Crippen LogP contribution in [-0.4, -0.2) is 63.5 Å². The zero-order valence-electron chi connectivity index (χ0n) is 19.9. The maximum Gasteiger partial charge on any atom is 0.335 e. The number of esters is 1. The van der Waals surface area contributed by atoms with E-state index in [0.29, 0.717) is 26.2 Å². The number of nitrogens with zero attached hydrogens (tertiary/aromatic N) is 1. The van der Waals surface area contributed by atoms with Gasteiger partial charge in [-0.15, -0.1) is 0 Å². The van der Waals surface area contributed by atoms with Crippen molar-refractivity contribution in [1.29, 1.82) is 0 Å². The Labute approximate surface area is 197 Å². The Hall–Kier alpha value is -2.83. The smallest absolute Gasteiger partial charge is 0.335 e. The summed E-state index contributed by atoms with van der Waals surface area (Å²) in [7, 11) is 1.69. The molecule has 178 valence electrons. The summed E-state index contributed by atoms with van der Waals surface area (Å²) in [5, 5.41) is 0. The van der Waals surface area contributed by atoms with E-state index in [1.807, 2.05) is 43.3 Å². The number of rotatable bonds is 12. The average Bonchev–Trinajstić information content (AvgIpc) is 2.85. The van der Waals surface area contributed by atoms with Gasteiger partial charge in [0.05, 0.1) is 13.7 Å². The van der Waals surface area contributed by atoms with Crippen LogP contribution in [0.1, 0.15) is 31.4 Å². The third kappa shape index (κ3) is 7.62. The third-order valence-corrected chi connectivity index (χ3v) is 5.63. The number of carbonyl (C=O) groups is 1. The predicted octanol–water partition coefficient (Wildman–Crippen LogP) is 4.37. The summed E-state index contributed by atoms with van der Waals surface area (Å²) in [6, 6.07) is 16.1. The highest BCUT2D eigenvalue weighted by atomic mass is 16.6. The molecule has 1 aliphatic rings. The summed E-state index contributed by atoms with van der Waals surface area (Å²) < 4.78 is 21.9. The maximum absolute atomic E-state index is 12.1. The van der Waals surface area contributed by atoms with Crippen LogP contribution in [0.4, 0.5) is 0 Å². The van der Waals surface area contributed by atoms with Crippen LogP contribution in [-0.2, 0) is 20.7 Å². The van der Waals surface area contributed by atoms with Crippen LogP contribution < -0.4 is 9.47 Å². The highest BCUT2D eigenvalue weighted by Crippen LogP contribution is 2.23. The van der Waals surface area contributed by atoms with Crippen LogP contribution in [0, 0.1) is 0 Å². The van der Waals surface area contributed by atoms with E-state index in [1.54, 1.807) is 14.0 Å². The van der Waals surface area contributed by atoms with E-state index in [4.69, 9.17) is 18.9 Å². The van der Waals surface area contributed by atoms with Gasteiger partial charge in [0, 0.05) is 32.7 Å². The number of hydrogen-bond donors (Lipinski definition) is 0. The molecule has 33 heavy (non-hydrogen) atoms. The molecule has 0 saturated heterocycles. The van der Waals surface area contributed by atoms with E-state index in [9.17, 15) is 4.79 Å². The van der Waals surface area contributed by atoms with Gasteiger partial charge >= 0.3 is 5.97 Å². The lowest BCUT2D eigenvalue weighted by atomic mass is 10.0. The van der Waals surface area contributed by atoms with Gasteiger partial charge in [0.1, 0.15) is 18.1 Å². The molecule has 0 spiro atoms. The molecule has 0 amide bonds. The Bertz CT molecular complexity index is 892. The highest BCUT2D eigenvalue weighted by molar-refractivity contribution is 5.75. The molecule has 0 radical (unpaired) electrons. The molecule has 0 aliphatic carbocycles. The van der Waals surface area contributed by atoms with Crippen molar-refractivity contribution in [3.8, 4) is 11.5 Å². The fourth-order valence-electron chi connectivity index (χ4n) is 3.89. The van der Waals surface area contributed by atoms with Crippen molar-refractivity contribution >= 4 is 11.5 Å². The van der Waals surface area contributed by atoms with Crippen LogP contribution in [0.25, 0.3) is 5.57 Å². The maximum atomic E-state index is 12.1. The third-order valence-electron chi connectivity index (χ3n) is 5.63. The number of hydrogen-bond acceptors (Lipinski definition) is 6.